The third-order valence-electron chi connectivity index (χ3n) is 14.3. The van der Waals surface area contributed by atoms with Crippen molar-refractivity contribution < 1.29 is 25.8 Å². The Kier molecular flexibility index (Phi) is 11.4. The molecule has 72 heavy (non-hydrogen) atoms. The predicted molar refractivity (Wildman–Crippen MR) is 290 cm³/mol. The average Bonchev–Trinajstić information content (AvgIpc) is 4.07. The van der Waals surface area contributed by atoms with Gasteiger partial charge in [0, 0.05) is 91.0 Å². The van der Waals surface area contributed by atoms with Crippen LogP contribution in [0.2, 0.25) is 0 Å². The fourth-order valence-electron chi connectivity index (χ4n) is 10.7. The summed E-state index contributed by atoms with van der Waals surface area (Å²) in [6, 6.07) is 69.8. The van der Waals surface area contributed by atoms with Crippen LogP contribution in [0, 0.1) is 25.7 Å². The molecule has 356 valence electrons. The molecule has 0 aliphatic carbocycles. The molecule has 7 nitrogen and oxygen atoms in total. The largest absolute Gasteiger partial charge is 0.509 e. The molecule has 5 heterocycles. The quantitative estimate of drug-likeness (QED) is 0.142. The first-order chi connectivity index (χ1) is 34.7. The van der Waals surface area contributed by atoms with E-state index in [2.05, 4.69) is 223 Å². The Balaban J connectivity index is 0.00000530. The Labute approximate surface area is 435 Å². The van der Waals surface area contributed by atoms with Crippen LogP contribution in [-0.4, -0.2) is 19.1 Å². The third-order valence-corrected chi connectivity index (χ3v) is 14.3. The maximum atomic E-state index is 6.77. The molecule has 2 aliphatic heterocycles. The van der Waals surface area contributed by atoms with Crippen molar-refractivity contribution in [1.82, 2.24) is 19.1 Å². The van der Waals surface area contributed by atoms with Gasteiger partial charge in [-0.05, 0) is 82.6 Å². The Hall–Kier alpha value is -7.73. The first kappa shape index (κ1) is 45.4. The van der Waals surface area contributed by atoms with Gasteiger partial charge in [-0.2, -0.15) is 12.1 Å². The molecule has 8 aromatic carbocycles. The number of aryl methyl sites for hydroxylation is 3. The topological polar surface area (TPSA) is 51.4 Å². The van der Waals surface area contributed by atoms with Crippen molar-refractivity contribution in [2.24, 2.45) is 0 Å². The molecule has 11 aromatic rings. The van der Waals surface area contributed by atoms with Gasteiger partial charge in [-0.15, -0.1) is 48.1 Å². The molecule has 8 heteroatoms. The van der Waals surface area contributed by atoms with Crippen molar-refractivity contribution in [3.05, 3.63) is 218 Å². The molecule has 0 saturated carbocycles. The van der Waals surface area contributed by atoms with Gasteiger partial charge in [0.05, 0.1) is 11.0 Å². The Morgan fingerprint density at radius 1 is 0.597 bits per heavy atom. The van der Waals surface area contributed by atoms with Gasteiger partial charge >= 0.3 is 0 Å². The second-order valence-corrected chi connectivity index (χ2v) is 19.9. The standard InChI is InChI=1S/C64H51N6O.Pt/c1-42-35-62(65-40-54(42)45-28-30-46(31-29-45)64(2,3)4)70-56-26-12-11-23-52(56)53-33-32-49(37-57(53)70)71-48-22-15-21-47(36-48)68-41-69(60-39-58-55(38-59(60)68)66-61-27-13-14-34-67(58)61)63-50(43-17-7-5-8-18-43)24-16-25-51(63)44-19-9-6-10-20-44;/h5-12,15-26,28-33,35,38-41H,13-14,27,34H2,1-4H3;/q-3;. The van der Waals surface area contributed by atoms with Crippen LogP contribution in [-0.2, 0) is 39.4 Å². The predicted octanol–water partition coefficient (Wildman–Crippen LogP) is 16.3. The second kappa shape index (κ2) is 18.1. The van der Waals surface area contributed by atoms with Gasteiger partial charge in [0.25, 0.3) is 0 Å². The van der Waals surface area contributed by atoms with Gasteiger partial charge in [0.15, 0.2) is 0 Å². The number of benzene rings is 8. The molecule has 0 atom stereocenters. The number of hydrogen-bond donors (Lipinski definition) is 0. The van der Waals surface area contributed by atoms with Crippen LogP contribution in [0.4, 0.5) is 22.7 Å². The summed E-state index contributed by atoms with van der Waals surface area (Å²) in [7, 11) is 0. The van der Waals surface area contributed by atoms with Crippen LogP contribution in [0.25, 0.3) is 72.0 Å². The first-order valence-electron chi connectivity index (χ1n) is 24.7. The van der Waals surface area contributed by atoms with Gasteiger partial charge in [0.2, 0.25) is 0 Å². The third kappa shape index (κ3) is 7.88. The van der Waals surface area contributed by atoms with Crippen LogP contribution >= 0.6 is 0 Å². The summed E-state index contributed by atoms with van der Waals surface area (Å²) in [5, 5.41) is 2.21. The van der Waals surface area contributed by atoms with Crippen LogP contribution in [0.3, 0.4) is 0 Å². The fraction of sp³-hybridized carbons (Fsp3) is 0.141. The first-order valence-corrected chi connectivity index (χ1v) is 24.7. The van der Waals surface area contributed by atoms with Crippen LogP contribution in [0.1, 0.15) is 50.6 Å². The molecule has 0 N–H and O–H groups in total. The van der Waals surface area contributed by atoms with Gasteiger partial charge < -0.3 is 23.7 Å². The van der Waals surface area contributed by atoms with E-state index in [1.54, 1.807) is 0 Å². The van der Waals surface area contributed by atoms with E-state index in [-0.39, 0.29) is 26.5 Å². The monoisotopic (exact) mass is 1110 g/mol. The summed E-state index contributed by atoms with van der Waals surface area (Å²) >= 11 is 0. The molecular weight excluding hydrogens is 1060 g/mol. The number of fused-ring (bicyclic) bond motifs is 7. The molecule has 0 unspecified atom stereocenters. The van der Waals surface area contributed by atoms with Crippen molar-refractivity contribution >= 4 is 55.6 Å². The van der Waals surface area contributed by atoms with Crippen molar-refractivity contribution in [2.75, 3.05) is 9.80 Å². The zero-order chi connectivity index (χ0) is 47.8. The molecule has 0 spiro atoms. The van der Waals surface area contributed by atoms with Crippen molar-refractivity contribution in [3.63, 3.8) is 0 Å². The number of aromatic nitrogens is 4. The van der Waals surface area contributed by atoms with E-state index >= 15 is 0 Å². The van der Waals surface area contributed by atoms with Gasteiger partial charge in [-0.1, -0.05) is 148 Å². The number of nitrogens with zero attached hydrogens (tertiary/aromatic N) is 6. The Bertz CT molecular complexity index is 3780. The SMILES string of the molecule is Cc1cc(-n2c3[c-]c(Oc4[c-]c(N5[CH-]N(c6c(-c7ccccc7)cccc6-c6ccccc6)c6cc7c(cc65)nc5n7CCCC5)ccc4)ccc3c3ccccc32)ncc1-c1ccc(C(C)(C)C)cc1.[Pt]. The molecule has 0 amide bonds. The molecule has 0 saturated heterocycles. The van der Waals surface area contributed by atoms with Crippen molar-refractivity contribution in [1.29, 1.82) is 0 Å². The minimum absolute atomic E-state index is 0. The van der Waals surface area contributed by atoms with Gasteiger partial charge in [-0.3, -0.25) is 0 Å². The van der Waals surface area contributed by atoms with Crippen LogP contribution < -0.4 is 14.5 Å². The Morgan fingerprint density at radius 3 is 2.01 bits per heavy atom. The fourth-order valence-corrected chi connectivity index (χ4v) is 10.7. The minimum atomic E-state index is 0. The molecular formula is C64H51N6OPt-3. The van der Waals surface area contributed by atoms with Crippen LogP contribution in [0.5, 0.6) is 11.5 Å². The summed E-state index contributed by atoms with van der Waals surface area (Å²) in [6.45, 7) is 12.1. The number of hydrogen-bond acceptors (Lipinski definition) is 5. The molecule has 2 aliphatic rings. The average molecular weight is 1120 g/mol. The maximum absolute atomic E-state index is 6.77. The summed E-state index contributed by atoms with van der Waals surface area (Å²) in [6.07, 6.45) is 5.30. The van der Waals surface area contributed by atoms with Gasteiger partial charge in [0.1, 0.15) is 11.6 Å². The van der Waals surface area contributed by atoms with Crippen molar-refractivity contribution in [3.8, 4) is 50.7 Å². The number of pyridine rings is 1. The van der Waals surface area contributed by atoms with E-state index in [0.717, 1.165) is 132 Å². The zero-order valence-corrected chi connectivity index (χ0v) is 42.9. The van der Waals surface area contributed by atoms with E-state index in [1.165, 1.54) is 5.56 Å². The zero-order valence-electron chi connectivity index (χ0n) is 40.6. The summed E-state index contributed by atoms with van der Waals surface area (Å²) in [5.41, 5.74) is 17.6. The molecule has 3 aromatic heterocycles. The number of rotatable bonds is 8. The van der Waals surface area contributed by atoms with E-state index in [0.29, 0.717) is 11.5 Å². The number of ether oxygens (including phenoxy) is 1. The van der Waals surface area contributed by atoms with Crippen molar-refractivity contribution in [2.45, 2.75) is 58.9 Å². The molecule has 13 rings (SSSR count). The van der Waals surface area contributed by atoms with E-state index in [9.17, 15) is 0 Å². The van der Waals surface area contributed by atoms with Gasteiger partial charge in [-0.25, -0.2) is 9.97 Å². The normalized spacial score (nSPS) is 13.4. The van der Waals surface area contributed by atoms with Crippen LogP contribution in [0.15, 0.2) is 182 Å². The minimum Gasteiger partial charge on any atom is -0.509 e. The number of imidazole rings is 1. The smallest absolute Gasteiger partial charge is 0.135 e. The second-order valence-electron chi connectivity index (χ2n) is 19.9. The van der Waals surface area contributed by atoms with E-state index in [4.69, 9.17) is 14.7 Å². The summed E-state index contributed by atoms with van der Waals surface area (Å²) < 4.78 is 11.4. The molecule has 0 bridgehead atoms. The maximum Gasteiger partial charge on any atom is 0.135 e. The molecule has 0 radical (unpaired) electrons. The summed E-state index contributed by atoms with van der Waals surface area (Å²) in [5.74, 6) is 3.16. The van der Waals surface area contributed by atoms with E-state index in [1.807, 2.05) is 24.4 Å². The Morgan fingerprint density at radius 2 is 1.28 bits per heavy atom. The summed E-state index contributed by atoms with van der Waals surface area (Å²) in [4.78, 5) is 14.9. The number of para-hydroxylation sites is 2. The molecule has 0 fully saturated rings. The number of anilines is 4. The van der Waals surface area contributed by atoms with E-state index < -0.39 is 0 Å².